The summed E-state index contributed by atoms with van der Waals surface area (Å²) in [7, 11) is 0. The lowest BCUT2D eigenvalue weighted by Gasteiger charge is -2.32. The summed E-state index contributed by atoms with van der Waals surface area (Å²) in [6.07, 6.45) is 6.76. The molecule has 4 aromatic rings. The number of carbonyl (C=O) groups is 1. The van der Waals surface area contributed by atoms with E-state index in [1.807, 2.05) is 45.9 Å². The van der Waals surface area contributed by atoms with Gasteiger partial charge in [0.15, 0.2) is 0 Å². The SMILES string of the molecule is O=C(Cn1c(-c2cccnc2)nc2ccccc21)N1CCC(Cc2ccccc2)CC1. The maximum Gasteiger partial charge on any atom is 0.242 e. The van der Waals surface area contributed by atoms with Crippen LogP contribution in [0.15, 0.2) is 79.1 Å². The summed E-state index contributed by atoms with van der Waals surface area (Å²) in [6, 6.07) is 22.5. The Morgan fingerprint density at radius 1 is 0.935 bits per heavy atom. The van der Waals surface area contributed by atoms with Crippen LogP contribution in [0.1, 0.15) is 18.4 Å². The Bertz CT molecular complexity index is 1160. The van der Waals surface area contributed by atoms with Gasteiger partial charge in [-0.05, 0) is 55.0 Å². The maximum atomic E-state index is 13.2. The molecule has 1 fully saturated rings. The lowest BCUT2D eigenvalue weighted by atomic mass is 9.90. The quantitative estimate of drug-likeness (QED) is 0.484. The Morgan fingerprint density at radius 2 is 1.71 bits per heavy atom. The van der Waals surface area contributed by atoms with E-state index in [2.05, 4.69) is 35.3 Å². The van der Waals surface area contributed by atoms with E-state index in [0.717, 1.165) is 54.8 Å². The molecule has 5 rings (SSSR count). The highest BCUT2D eigenvalue weighted by Crippen LogP contribution is 2.26. The van der Waals surface area contributed by atoms with Crippen molar-refractivity contribution >= 4 is 16.9 Å². The maximum absolute atomic E-state index is 13.2. The van der Waals surface area contributed by atoms with E-state index in [1.54, 1.807) is 12.4 Å². The first kappa shape index (κ1) is 19.5. The molecule has 1 saturated heterocycles. The lowest BCUT2D eigenvalue weighted by molar-refractivity contribution is -0.133. The minimum Gasteiger partial charge on any atom is -0.341 e. The minimum atomic E-state index is 0.159. The van der Waals surface area contributed by atoms with Crippen molar-refractivity contribution in [2.45, 2.75) is 25.8 Å². The summed E-state index contributed by atoms with van der Waals surface area (Å²) in [4.78, 5) is 24.3. The zero-order chi connectivity index (χ0) is 21.0. The first-order valence-corrected chi connectivity index (χ1v) is 11.0. The molecule has 5 nitrogen and oxygen atoms in total. The fraction of sp³-hybridized carbons (Fsp3) is 0.269. The standard InChI is InChI=1S/C26H26N4O/c31-25(29-15-12-21(13-16-29)17-20-7-2-1-3-8-20)19-30-24-11-5-4-10-23(24)28-26(30)22-9-6-14-27-18-22/h1-11,14,18,21H,12-13,15-17,19H2. The van der Waals surface area contributed by atoms with Crippen molar-refractivity contribution in [1.29, 1.82) is 0 Å². The van der Waals surface area contributed by atoms with Crippen LogP contribution in [0.5, 0.6) is 0 Å². The van der Waals surface area contributed by atoms with Crippen LogP contribution in [0.4, 0.5) is 0 Å². The molecule has 0 unspecified atom stereocenters. The molecule has 0 atom stereocenters. The van der Waals surface area contributed by atoms with Gasteiger partial charge in [-0.15, -0.1) is 0 Å². The van der Waals surface area contributed by atoms with E-state index >= 15 is 0 Å². The third-order valence-electron chi connectivity index (χ3n) is 6.20. The predicted molar refractivity (Wildman–Crippen MR) is 122 cm³/mol. The Morgan fingerprint density at radius 3 is 2.48 bits per heavy atom. The van der Waals surface area contributed by atoms with Crippen LogP contribution >= 0.6 is 0 Å². The highest BCUT2D eigenvalue weighted by Gasteiger charge is 2.24. The number of hydrogen-bond acceptors (Lipinski definition) is 3. The normalized spacial score (nSPS) is 14.8. The molecule has 0 saturated carbocycles. The largest absolute Gasteiger partial charge is 0.341 e. The molecule has 0 N–H and O–H groups in total. The van der Waals surface area contributed by atoms with Crippen LogP contribution in [-0.4, -0.2) is 38.4 Å². The molecule has 0 spiro atoms. The molecule has 2 aromatic heterocycles. The summed E-state index contributed by atoms with van der Waals surface area (Å²) in [5, 5.41) is 0. The fourth-order valence-corrected chi connectivity index (χ4v) is 4.52. The topological polar surface area (TPSA) is 51.0 Å². The van der Waals surface area contributed by atoms with Crippen LogP contribution in [0.2, 0.25) is 0 Å². The van der Waals surface area contributed by atoms with Crippen LogP contribution in [0.3, 0.4) is 0 Å². The average molecular weight is 411 g/mol. The van der Waals surface area contributed by atoms with E-state index in [1.165, 1.54) is 5.56 Å². The van der Waals surface area contributed by atoms with Crippen LogP contribution < -0.4 is 0 Å². The molecule has 31 heavy (non-hydrogen) atoms. The fourth-order valence-electron chi connectivity index (χ4n) is 4.52. The second kappa shape index (κ2) is 8.72. The van der Waals surface area contributed by atoms with E-state index in [-0.39, 0.29) is 5.91 Å². The van der Waals surface area contributed by atoms with E-state index in [4.69, 9.17) is 4.98 Å². The first-order chi connectivity index (χ1) is 15.3. The number of nitrogens with zero attached hydrogens (tertiary/aromatic N) is 4. The van der Waals surface area contributed by atoms with Gasteiger partial charge in [0.05, 0.1) is 11.0 Å². The summed E-state index contributed by atoms with van der Waals surface area (Å²) in [5.74, 6) is 1.60. The summed E-state index contributed by atoms with van der Waals surface area (Å²) in [6.45, 7) is 1.95. The van der Waals surface area contributed by atoms with Crippen LogP contribution in [0, 0.1) is 5.92 Å². The van der Waals surface area contributed by atoms with Crippen LogP contribution in [0.25, 0.3) is 22.4 Å². The number of carbonyl (C=O) groups excluding carboxylic acids is 1. The number of hydrogen-bond donors (Lipinski definition) is 0. The molecule has 1 aliphatic rings. The summed E-state index contributed by atoms with van der Waals surface area (Å²) >= 11 is 0. The lowest BCUT2D eigenvalue weighted by Crippen LogP contribution is -2.40. The van der Waals surface area contributed by atoms with Crippen molar-refractivity contribution in [3.05, 3.63) is 84.7 Å². The number of aromatic nitrogens is 3. The van der Waals surface area contributed by atoms with Gasteiger partial charge in [-0.2, -0.15) is 0 Å². The number of piperidine rings is 1. The van der Waals surface area contributed by atoms with E-state index < -0.39 is 0 Å². The monoisotopic (exact) mass is 410 g/mol. The highest BCUT2D eigenvalue weighted by molar-refractivity contribution is 5.84. The Kier molecular flexibility index (Phi) is 5.48. The summed E-state index contributed by atoms with van der Waals surface area (Å²) in [5.41, 5.74) is 4.19. The molecular weight excluding hydrogens is 384 g/mol. The highest BCUT2D eigenvalue weighted by atomic mass is 16.2. The Hall–Kier alpha value is -3.47. The number of para-hydroxylation sites is 2. The zero-order valence-electron chi connectivity index (χ0n) is 17.5. The van der Waals surface area contributed by atoms with Crippen LogP contribution in [-0.2, 0) is 17.8 Å². The molecule has 3 heterocycles. The number of likely N-dealkylation sites (tertiary alicyclic amines) is 1. The second-order valence-corrected chi connectivity index (χ2v) is 8.27. The molecule has 5 heteroatoms. The molecule has 0 bridgehead atoms. The van der Waals surface area contributed by atoms with Gasteiger partial charge in [0, 0.05) is 31.0 Å². The number of rotatable bonds is 5. The predicted octanol–water partition coefficient (Wildman–Crippen LogP) is 4.58. The number of benzene rings is 2. The van der Waals surface area contributed by atoms with Gasteiger partial charge in [0.25, 0.3) is 0 Å². The number of imidazole rings is 1. The number of amides is 1. The molecule has 2 aromatic carbocycles. The Labute approximate surface area is 182 Å². The molecule has 0 aliphatic carbocycles. The molecule has 1 amide bonds. The smallest absolute Gasteiger partial charge is 0.242 e. The molecule has 1 aliphatic heterocycles. The van der Waals surface area contributed by atoms with Crippen molar-refractivity contribution in [1.82, 2.24) is 19.4 Å². The van der Waals surface area contributed by atoms with Gasteiger partial charge in [0.1, 0.15) is 12.4 Å². The molecule has 0 radical (unpaired) electrons. The van der Waals surface area contributed by atoms with Gasteiger partial charge in [-0.1, -0.05) is 42.5 Å². The van der Waals surface area contributed by atoms with Crippen molar-refractivity contribution in [2.24, 2.45) is 5.92 Å². The van der Waals surface area contributed by atoms with Gasteiger partial charge < -0.3 is 9.47 Å². The van der Waals surface area contributed by atoms with Gasteiger partial charge in [-0.3, -0.25) is 9.78 Å². The van der Waals surface area contributed by atoms with E-state index in [9.17, 15) is 4.79 Å². The third-order valence-corrected chi connectivity index (χ3v) is 6.20. The number of pyridine rings is 1. The van der Waals surface area contributed by atoms with Gasteiger partial charge in [-0.25, -0.2) is 4.98 Å². The van der Waals surface area contributed by atoms with Crippen molar-refractivity contribution in [3.63, 3.8) is 0 Å². The minimum absolute atomic E-state index is 0.159. The third kappa shape index (κ3) is 4.22. The van der Waals surface area contributed by atoms with E-state index in [0.29, 0.717) is 12.5 Å². The van der Waals surface area contributed by atoms with Gasteiger partial charge in [0.2, 0.25) is 5.91 Å². The zero-order valence-corrected chi connectivity index (χ0v) is 17.5. The Balaban J connectivity index is 1.31. The summed E-state index contributed by atoms with van der Waals surface area (Å²) < 4.78 is 2.03. The first-order valence-electron chi connectivity index (χ1n) is 11.0. The number of fused-ring (bicyclic) bond motifs is 1. The second-order valence-electron chi connectivity index (χ2n) is 8.27. The average Bonchev–Trinajstić information content (AvgIpc) is 3.19. The van der Waals surface area contributed by atoms with Crippen molar-refractivity contribution in [3.8, 4) is 11.4 Å². The van der Waals surface area contributed by atoms with Crippen molar-refractivity contribution in [2.75, 3.05) is 13.1 Å². The van der Waals surface area contributed by atoms with Crippen molar-refractivity contribution < 1.29 is 4.79 Å². The molecular formula is C26H26N4O. The van der Waals surface area contributed by atoms with Gasteiger partial charge >= 0.3 is 0 Å². The molecule has 156 valence electrons.